The normalized spacial score (nSPS) is 9.91. The SMILES string of the molecule is O=C(NNc1ccccc1)c1ccccc1Nc1ccccc1. The number of anilines is 3. The van der Waals surface area contributed by atoms with Crippen molar-refractivity contribution in [2.45, 2.75) is 0 Å². The molecule has 0 bridgehead atoms. The largest absolute Gasteiger partial charge is 0.355 e. The summed E-state index contributed by atoms with van der Waals surface area (Å²) in [7, 11) is 0. The molecule has 0 heterocycles. The van der Waals surface area contributed by atoms with Gasteiger partial charge in [-0.1, -0.05) is 48.5 Å². The third-order valence-electron chi connectivity index (χ3n) is 3.32. The molecular formula is C19H17N3O. The first-order chi connectivity index (χ1) is 11.3. The number of carbonyl (C=O) groups excluding carboxylic acids is 1. The fraction of sp³-hybridized carbons (Fsp3) is 0. The van der Waals surface area contributed by atoms with E-state index in [1.54, 1.807) is 6.07 Å². The van der Waals surface area contributed by atoms with Gasteiger partial charge in [0.2, 0.25) is 0 Å². The zero-order valence-corrected chi connectivity index (χ0v) is 12.5. The predicted octanol–water partition coefficient (Wildman–Crippen LogP) is 4.19. The molecule has 0 aliphatic carbocycles. The Morgan fingerprint density at radius 2 is 1.22 bits per heavy atom. The molecule has 0 radical (unpaired) electrons. The van der Waals surface area contributed by atoms with Crippen molar-refractivity contribution in [3.05, 3.63) is 90.5 Å². The summed E-state index contributed by atoms with van der Waals surface area (Å²) < 4.78 is 0. The van der Waals surface area contributed by atoms with Crippen LogP contribution >= 0.6 is 0 Å². The number of benzene rings is 3. The van der Waals surface area contributed by atoms with Crippen LogP contribution in [0.1, 0.15) is 10.4 Å². The van der Waals surface area contributed by atoms with E-state index in [0.29, 0.717) is 5.56 Å². The van der Waals surface area contributed by atoms with Crippen LogP contribution in [-0.2, 0) is 0 Å². The van der Waals surface area contributed by atoms with Crippen LogP contribution in [-0.4, -0.2) is 5.91 Å². The summed E-state index contributed by atoms with van der Waals surface area (Å²) in [6.45, 7) is 0. The maximum atomic E-state index is 12.4. The van der Waals surface area contributed by atoms with E-state index in [2.05, 4.69) is 16.2 Å². The molecule has 0 saturated carbocycles. The molecule has 3 aromatic carbocycles. The molecule has 0 unspecified atom stereocenters. The van der Waals surface area contributed by atoms with Crippen LogP contribution in [0.3, 0.4) is 0 Å². The molecule has 23 heavy (non-hydrogen) atoms. The van der Waals surface area contributed by atoms with E-state index >= 15 is 0 Å². The maximum absolute atomic E-state index is 12.4. The number of amides is 1. The lowest BCUT2D eigenvalue weighted by Gasteiger charge is -2.13. The molecule has 1 amide bonds. The number of hydrazine groups is 1. The highest BCUT2D eigenvalue weighted by molar-refractivity contribution is 6.00. The molecule has 0 aliphatic rings. The van der Waals surface area contributed by atoms with Gasteiger partial charge >= 0.3 is 0 Å². The molecule has 4 heteroatoms. The lowest BCUT2D eigenvalue weighted by molar-refractivity contribution is 0.0963. The van der Waals surface area contributed by atoms with Crippen LogP contribution in [0.2, 0.25) is 0 Å². The standard InChI is InChI=1S/C19H17N3O/c23-19(22-21-16-11-5-2-6-12-16)17-13-7-8-14-18(17)20-15-9-3-1-4-10-15/h1-14,20-21H,(H,22,23). The molecule has 0 aliphatic heterocycles. The van der Waals surface area contributed by atoms with Crippen LogP contribution in [0, 0.1) is 0 Å². The molecule has 114 valence electrons. The summed E-state index contributed by atoms with van der Waals surface area (Å²) in [6, 6.07) is 26.6. The van der Waals surface area contributed by atoms with E-state index in [0.717, 1.165) is 17.1 Å². The summed E-state index contributed by atoms with van der Waals surface area (Å²) in [5.41, 5.74) is 8.71. The van der Waals surface area contributed by atoms with Gasteiger partial charge in [0, 0.05) is 5.69 Å². The van der Waals surface area contributed by atoms with Crippen LogP contribution < -0.4 is 16.2 Å². The first-order valence-electron chi connectivity index (χ1n) is 7.35. The van der Waals surface area contributed by atoms with Crippen molar-refractivity contribution in [1.82, 2.24) is 5.43 Å². The fourth-order valence-corrected chi connectivity index (χ4v) is 2.18. The second-order valence-electron chi connectivity index (χ2n) is 4.98. The molecule has 3 aromatic rings. The van der Waals surface area contributed by atoms with Crippen LogP contribution in [0.25, 0.3) is 0 Å². The van der Waals surface area contributed by atoms with Gasteiger partial charge in [0.1, 0.15) is 0 Å². The molecule has 3 N–H and O–H groups in total. The van der Waals surface area contributed by atoms with Crippen LogP contribution in [0.15, 0.2) is 84.9 Å². The Hall–Kier alpha value is -3.27. The minimum atomic E-state index is -0.201. The van der Waals surface area contributed by atoms with Crippen LogP contribution in [0.4, 0.5) is 17.1 Å². The van der Waals surface area contributed by atoms with Crippen LogP contribution in [0.5, 0.6) is 0 Å². The highest BCUT2D eigenvalue weighted by Crippen LogP contribution is 2.20. The first kappa shape index (κ1) is 14.7. The molecule has 0 saturated heterocycles. The Morgan fingerprint density at radius 3 is 1.91 bits per heavy atom. The van der Waals surface area contributed by atoms with Gasteiger partial charge in [-0.15, -0.1) is 0 Å². The van der Waals surface area contributed by atoms with Gasteiger partial charge in [-0.05, 0) is 36.4 Å². The zero-order chi connectivity index (χ0) is 15.9. The predicted molar refractivity (Wildman–Crippen MR) is 93.7 cm³/mol. The zero-order valence-electron chi connectivity index (χ0n) is 12.5. The first-order valence-corrected chi connectivity index (χ1v) is 7.35. The second kappa shape index (κ2) is 7.13. The van der Waals surface area contributed by atoms with E-state index in [9.17, 15) is 4.79 Å². The monoisotopic (exact) mass is 303 g/mol. The van der Waals surface area contributed by atoms with Gasteiger partial charge in [-0.3, -0.25) is 15.6 Å². The topological polar surface area (TPSA) is 53.2 Å². The van der Waals surface area contributed by atoms with E-state index in [1.165, 1.54) is 0 Å². The van der Waals surface area contributed by atoms with Gasteiger partial charge in [-0.25, -0.2) is 0 Å². The number of carbonyl (C=O) groups is 1. The maximum Gasteiger partial charge on any atom is 0.271 e. The third kappa shape index (κ3) is 3.89. The summed E-state index contributed by atoms with van der Waals surface area (Å²) in [5.74, 6) is -0.201. The molecule has 0 atom stereocenters. The lowest BCUT2D eigenvalue weighted by Crippen LogP contribution is -2.29. The summed E-state index contributed by atoms with van der Waals surface area (Å²) in [5, 5.41) is 3.26. The minimum absolute atomic E-state index is 0.201. The Labute approximate surface area is 135 Å². The van der Waals surface area contributed by atoms with Crippen molar-refractivity contribution in [3.8, 4) is 0 Å². The molecular weight excluding hydrogens is 286 g/mol. The van der Waals surface area contributed by atoms with E-state index in [1.807, 2.05) is 78.9 Å². The van der Waals surface area contributed by atoms with Gasteiger partial charge in [0.05, 0.1) is 16.9 Å². The van der Waals surface area contributed by atoms with Gasteiger partial charge in [0.15, 0.2) is 0 Å². The number of hydrogen-bond donors (Lipinski definition) is 3. The van der Waals surface area contributed by atoms with Crippen molar-refractivity contribution in [2.75, 3.05) is 10.7 Å². The number of nitrogens with one attached hydrogen (secondary N) is 3. The fourth-order valence-electron chi connectivity index (χ4n) is 2.18. The Morgan fingerprint density at radius 1 is 0.652 bits per heavy atom. The quantitative estimate of drug-likeness (QED) is 0.620. The van der Waals surface area contributed by atoms with Crippen molar-refractivity contribution < 1.29 is 4.79 Å². The summed E-state index contributed by atoms with van der Waals surface area (Å²) in [4.78, 5) is 12.4. The lowest BCUT2D eigenvalue weighted by atomic mass is 10.1. The third-order valence-corrected chi connectivity index (χ3v) is 3.32. The van der Waals surface area contributed by atoms with Crippen molar-refractivity contribution in [3.63, 3.8) is 0 Å². The number of para-hydroxylation sites is 3. The molecule has 0 fully saturated rings. The van der Waals surface area contributed by atoms with E-state index in [-0.39, 0.29) is 5.91 Å². The second-order valence-corrected chi connectivity index (χ2v) is 4.98. The van der Waals surface area contributed by atoms with E-state index < -0.39 is 0 Å². The van der Waals surface area contributed by atoms with Crippen molar-refractivity contribution in [2.24, 2.45) is 0 Å². The molecule has 0 aromatic heterocycles. The highest BCUT2D eigenvalue weighted by atomic mass is 16.2. The Bertz CT molecular complexity index is 773. The van der Waals surface area contributed by atoms with Gasteiger partial charge in [0.25, 0.3) is 5.91 Å². The molecule has 3 rings (SSSR count). The van der Waals surface area contributed by atoms with Gasteiger partial charge < -0.3 is 5.32 Å². The van der Waals surface area contributed by atoms with Crippen molar-refractivity contribution in [1.29, 1.82) is 0 Å². The van der Waals surface area contributed by atoms with Crippen molar-refractivity contribution >= 4 is 23.0 Å². The Kier molecular flexibility index (Phi) is 4.55. The number of hydrogen-bond acceptors (Lipinski definition) is 3. The minimum Gasteiger partial charge on any atom is -0.355 e. The molecule has 4 nitrogen and oxygen atoms in total. The summed E-state index contributed by atoms with van der Waals surface area (Å²) in [6.07, 6.45) is 0. The van der Waals surface area contributed by atoms with E-state index in [4.69, 9.17) is 0 Å². The van der Waals surface area contributed by atoms with Gasteiger partial charge in [-0.2, -0.15) is 0 Å². The smallest absolute Gasteiger partial charge is 0.271 e. The Balaban J connectivity index is 1.73. The summed E-state index contributed by atoms with van der Waals surface area (Å²) >= 11 is 0. The average molecular weight is 303 g/mol. The average Bonchev–Trinajstić information content (AvgIpc) is 2.62. The highest BCUT2D eigenvalue weighted by Gasteiger charge is 2.10. The number of rotatable bonds is 5. The molecule has 0 spiro atoms.